The molecule has 0 radical (unpaired) electrons. The Morgan fingerprint density at radius 2 is 2.16 bits per heavy atom. The van der Waals surface area contributed by atoms with E-state index in [9.17, 15) is 9.59 Å². The van der Waals surface area contributed by atoms with Gasteiger partial charge in [-0.3, -0.25) is 9.69 Å². The van der Waals surface area contributed by atoms with E-state index in [0.717, 1.165) is 5.56 Å². The molecular formula is C16H22N4O4S. The van der Waals surface area contributed by atoms with Gasteiger partial charge in [-0.1, -0.05) is 12.1 Å². The normalized spacial score (nSPS) is 10.9. The van der Waals surface area contributed by atoms with Gasteiger partial charge in [-0.25, -0.2) is 4.79 Å². The lowest BCUT2D eigenvalue weighted by Crippen LogP contribution is -2.29. The zero-order chi connectivity index (χ0) is 18.4. The van der Waals surface area contributed by atoms with Crippen molar-refractivity contribution in [3.63, 3.8) is 0 Å². The van der Waals surface area contributed by atoms with Gasteiger partial charge in [-0.15, -0.1) is 11.3 Å². The van der Waals surface area contributed by atoms with Crippen LogP contribution >= 0.6 is 11.3 Å². The van der Waals surface area contributed by atoms with Crippen LogP contribution < -0.4 is 5.32 Å². The number of rotatable bonds is 8. The number of likely N-dealkylation sites (N-methyl/N-ethyl adjacent to an activating group) is 1. The number of aromatic nitrogens is 2. The molecule has 2 aromatic rings. The third-order valence-electron chi connectivity index (χ3n) is 3.29. The summed E-state index contributed by atoms with van der Waals surface area (Å²) < 4.78 is 10.1. The summed E-state index contributed by atoms with van der Waals surface area (Å²) in [6.07, 6.45) is 0.703. The molecule has 0 bridgehead atoms. The second kappa shape index (κ2) is 8.72. The average Bonchev–Trinajstić information content (AvgIpc) is 3.13. The Labute approximate surface area is 150 Å². The van der Waals surface area contributed by atoms with Crippen molar-refractivity contribution in [3.05, 3.63) is 28.2 Å². The molecule has 25 heavy (non-hydrogen) atoms. The van der Waals surface area contributed by atoms with Crippen LogP contribution in [-0.4, -0.2) is 47.1 Å². The van der Waals surface area contributed by atoms with Crippen molar-refractivity contribution >= 4 is 28.2 Å². The minimum absolute atomic E-state index is 0.162. The maximum absolute atomic E-state index is 12.2. The predicted octanol–water partition coefficient (Wildman–Crippen LogP) is 2.25. The van der Waals surface area contributed by atoms with Gasteiger partial charge in [0, 0.05) is 6.42 Å². The van der Waals surface area contributed by atoms with Gasteiger partial charge < -0.3 is 14.6 Å². The van der Waals surface area contributed by atoms with Gasteiger partial charge in [0.05, 0.1) is 24.7 Å². The van der Waals surface area contributed by atoms with Crippen LogP contribution in [-0.2, 0) is 22.5 Å². The van der Waals surface area contributed by atoms with E-state index in [1.165, 1.54) is 11.3 Å². The molecule has 0 aliphatic rings. The van der Waals surface area contributed by atoms with E-state index < -0.39 is 0 Å². The summed E-state index contributed by atoms with van der Waals surface area (Å²) in [7, 11) is 1.79. The maximum atomic E-state index is 12.2. The maximum Gasteiger partial charge on any atom is 0.348 e. The van der Waals surface area contributed by atoms with E-state index in [1.807, 2.05) is 13.8 Å². The highest BCUT2D eigenvalue weighted by Crippen LogP contribution is 2.27. The van der Waals surface area contributed by atoms with Gasteiger partial charge in [0.2, 0.25) is 11.8 Å². The van der Waals surface area contributed by atoms with Crippen LogP contribution in [0.25, 0.3) is 0 Å². The summed E-state index contributed by atoms with van der Waals surface area (Å²) in [6, 6.07) is 1.76. The first-order valence-corrected chi connectivity index (χ1v) is 8.82. The SMILES string of the molecule is CCOC(=O)c1sc(NC(=O)CN(C)Cc2nc(CC)no2)cc1C. The molecule has 1 amide bonds. The zero-order valence-corrected chi connectivity index (χ0v) is 15.6. The molecular weight excluding hydrogens is 344 g/mol. The highest BCUT2D eigenvalue weighted by molar-refractivity contribution is 7.18. The summed E-state index contributed by atoms with van der Waals surface area (Å²) in [6.45, 7) is 6.38. The molecule has 0 aromatic carbocycles. The number of hydrogen-bond donors (Lipinski definition) is 1. The number of carbonyl (C=O) groups excluding carboxylic acids is 2. The summed E-state index contributed by atoms with van der Waals surface area (Å²) >= 11 is 1.21. The van der Waals surface area contributed by atoms with Gasteiger partial charge in [-0.2, -0.15) is 4.98 Å². The van der Waals surface area contributed by atoms with Crippen molar-refractivity contribution in [2.75, 3.05) is 25.5 Å². The lowest BCUT2D eigenvalue weighted by atomic mass is 10.3. The zero-order valence-electron chi connectivity index (χ0n) is 14.8. The standard InChI is InChI=1S/C16H22N4O4S/c1-5-11-17-13(24-19-11)9-20(4)8-12(21)18-14-7-10(3)15(25-14)16(22)23-6-2/h7H,5-6,8-9H2,1-4H3,(H,18,21). The lowest BCUT2D eigenvalue weighted by molar-refractivity contribution is -0.117. The smallest absolute Gasteiger partial charge is 0.348 e. The Morgan fingerprint density at radius 1 is 1.40 bits per heavy atom. The first-order chi connectivity index (χ1) is 11.9. The van der Waals surface area contributed by atoms with E-state index in [1.54, 1.807) is 24.9 Å². The van der Waals surface area contributed by atoms with Crippen LogP contribution in [0.3, 0.4) is 0 Å². The quantitative estimate of drug-likeness (QED) is 0.716. The number of amides is 1. The van der Waals surface area contributed by atoms with Crippen LogP contribution in [0.1, 0.15) is 40.8 Å². The van der Waals surface area contributed by atoms with Crippen molar-refractivity contribution in [1.82, 2.24) is 15.0 Å². The number of hydrogen-bond acceptors (Lipinski definition) is 8. The highest BCUT2D eigenvalue weighted by Gasteiger charge is 2.17. The molecule has 9 heteroatoms. The number of thiophene rings is 1. The third-order valence-corrected chi connectivity index (χ3v) is 4.42. The monoisotopic (exact) mass is 366 g/mol. The molecule has 2 rings (SSSR count). The van der Waals surface area contributed by atoms with E-state index in [0.29, 0.717) is 41.2 Å². The number of carbonyl (C=O) groups is 2. The van der Waals surface area contributed by atoms with Crippen LogP contribution in [0, 0.1) is 6.92 Å². The molecule has 0 spiro atoms. The van der Waals surface area contributed by atoms with Gasteiger partial charge in [-0.05, 0) is 32.5 Å². The van der Waals surface area contributed by atoms with Crippen molar-refractivity contribution < 1.29 is 18.8 Å². The van der Waals surface area contributed by atoms with Crippen LogP contribution in [0.15, 0.2) is 10.6 Å². The Morgan fingerprint density at radius 3 is 2.80 bits per heavy atom. The predicted molar refractivity (Wildman–Crippen MR) is 93.7 cm³/mol. The van der Waals surface area contributed by atoms with Crippen molar-refractivity contribution in [2.45, 2.75) is 33.7 Å². The molecule has 0 aliphatic carbocycles. The Hall–Kier alpha value is -2.26. The molecule has 2 aromatic heterocycles. The molecule has 2 heterocycles. The van der Waals surface area contributed by atoms with Crippen LogP contribution in [0.5, 0.6) is 0 Å². The third kappa shape index (κ3) is 5.36. The van der Waals surface area contributed by atoms with E-state index in [2.05, 4.69) is 15.5 Å². The molecule has 1 N–H and O–H groups in total. The minimum Gasteiger partial charge on any atom is -0.462 e. The van der Waals surface area contributed by atoms with E-state index in [4.69, 9.17) is 9.26 Å². The number of anilines is 1. The lowest BCUT2D eigenvalue weighted by Gasteiger charge is -2.13. The molecule has 0 aliphatic heterocycles. The van der Waals surface area contributed by atoms with E-state index in [-0.39, 0.29) is 18.4 Å². The molecule has 136 valence electrons. The fraction of sp³-hybridized carbons (Fsp3) is 0.500. The number of ether oxygens (including phenoxy) is 1. The van der Waals surface area contributed by atoms with Crippen LogP contribution in [0.4, 0.5) is 5.00 Å². The topological polar surface area (TPSA) is 97.6 Å². The molecule has 0 saturated carbocycles. The number of nitrogens with one attached hydrogen (secondary N) is 1. The Bertz CT molecular complexity index is 740. The number of nitrogens with zero attached hydrogens (tertiary/aromatic N) is 3. The second-order valence-corrected chi connectivity index (χ2v) is 6.57. The van der Waals surface area contributed by atoms with Gasteiger partial charge in [0.1, 0.15) is 4.88 Å². The average molecular weight is 366 g/mol. The molecule has 0 fully saturated rings. The van der Waals surface area contributed by atoms with Gasteiger partial charge in [0.25, 0.3) is 0 Å². The minimum atomic E-state index is -0.370. The fourth-order valence-corrected chi connectivity index (χ4v) is 3.13. The molecule has 8 nitrogen and oxygen atoms in total. The number of aryl methyl sites for hydroxylation is 2. The Kier molecular flexibility index (Phi) is 6.65. The molecule has 0 atom stereocenters. The summed E-state index contributed by atoms with van der Waals surface area (Å²) in [5.41, 5.74) is 0.782. The summed E-state index contributed by atoms with van der Waals surface area (Å²) in [4.78, 5) is 30.5. The van der Waals surface area contributed by atoms with Crippen molar-refractivity contribution in [2.24, 2.45) is 0 Å². The van der Waals surface area contributed by atoms with Crippen LogP contribution in [0.2, 0.25) is 0 Å². The second-order valence-electron chi connectivity index (χ2n) is 5.52. The summed E-state index contributed by atoms with van der Waals surface area (Å²) in [5.74, 6) is 0.567. The molecule has 0 saturated heterocycles. The largest absolute Gasteiger partial charge is 0.462 e. The first kappa shape index (κ1) is 19.1. The van der Waals surface area contributed by atoms with Crippen molar-refractivity contribution in [1.29, 1.82) is 0 Å². The number of esters is 1. The molecule has 0 unspecified atom stereocenters. The fourth-order valence-electron chi connectivity index (χ4n) is 2.15. The van der Waals surface area contributed by atoms with Gasteiger partial charge >= 0.3 is 5.97 Å². The highest BCUT2D eigenvalue weighted by atomic mass is 32.1. The van der Waals surface area contributed by atoms with E-state index >= 15 is 0 Å². The van der Waals surface area contributed by atoms with Crippen molar-refractivity contribution in [3.8, 4) is 0 Å². The summed E-state index contributed by atoms with van der Waals surface area (Å²) in [5, 5.41) is 7.24. The Balaban J connectivity index is 1.89. The van der Waals surface area contributed by atoms with Gasteiger partial charge in [0.15, 0.2) is 5.82 Å². The first-order valence-electron chi connectivity index (χ1n) is 8.00.